The van der Waals surface area contributed by atoms with Crippen LogP contribution in [0, 0.1) is 24.0 Å². The van der Waals surface area contributed by atoms with Gasteiger partial charge >= 0.3 is 0 Å². The highest BCUT2D eigenvalue weighted by atomic mass is 32.2. The van der Waals surface area contributed by atoms with Crippen molar-refractivity contribution in [2.24, 2.45) is 5.73 Å². The van der Waals surface area contributed by atoms with E-state index in [2.05, 4.69) is 0 Å². The zero-order chi connectivity index (χ0) is 17.2. The Hall–Kier alpha value is -1.93. The van der Waals surface area contributed by atoms with Crippen molar-refractivity contribution >= 4 is 26.8 Å². The standard InChI is InChI=1S/C15H14F2N2O2S2/c1-9-6-11(16)2-4-13(9)23(20,21)14-5-3-12(17)7-10(14)8-22-15(18)19/h2-7H,8H2,1H3,(H3,18,19). The van der Waals surface area contributed by atoms with Crippen molar-refractivity contribution in [1.82, 2.24) is 0 Å². The molecule has 3 N–H and O–H groups in total. The molecular formula is C15H14F2N2O2S2. The van der Waals surface area contributed by atoms with Crippen LogP contribution in [0.2, 0.25) is 0 Å². The molecule has 0 fully saturated rings. The average molecular weight is 356 g/mol. The van der Waals surface area contributed by atoms with E-state index in [-0.39, 0.29) is 31.8 Å². The Bertz CT molecular complexity index is 868. The van der Waals surface area contributed by atoms with Gasteiger partial charge in [0.2, 0.25) is 9.84 Å². The minimum absolute atomic E-state index is 0.0421. The molecule has 0 aliphatic rings. The summed E-state index contributed by atoms with van der Waals surface area (Å²) in [4.78, 5) is -0.123. The third-order valence-electron chi connectivity index (χ3n) is 3.12. The molecule has 0 bridgehead atoms. The number of nitrogens with one attached hydrogen (secondary N) is 1. The van der Waals surface area contributed by atoms with Gasteiger partial charge in [0.1, 0.15) is 11.6 Å². The minimum atomic E-state index is -3.94. The summed E-state index contributed by atoms with van der Waals surface area (Å²) in [7, 11) is -3.94. The first kappa shape index (κ1) is 17.4. The lowest BCUT2D eigenvalue weighted by Gasteiger charge is -2.12. The van der Waals surface area contributed by atoms with Crippen LogP contribution in [0.4, 0.5) is 8.78 Å². The average Bonchev–Trinajstić information content (AvgIpc) is 2.44. The van der Waals surface area contributed by atoms with Crippen LogP contribution in [0.25, 0.3) is 0 Å². The van der Waals surface area contributed by atoms with Crippen molar-refractivity contribution in [2.75, 3.05) is 0 Å². The zero-order valence-electron chi connectivity index (χ0n) is 12.1. The first-order valence-electron chi connectivity index (χ1n) is 6.48. The van der Waals surface area contributed by atoms with Gasteiger partial charge < -0.3 is 5.73 Å². The second-order valence-corrected chi connectivity index (χ2v) is 7.72. The summed E-state index contributed by atoms with van der Waals surface area (Å²) in [6.07, 6.45) is 0. The lowest BCUT2D eigenvalue weighted by atomic mass is 10.2. The molecule has 0 heterocycles. The largest absolute Gasteiger partial charge is 0.379 e. The molecule has 2 aromatic carbocycles. The zero-order valence-corrected chi connectivity index (χ0v) is 13.8. The SMILES string of the molecule is Cc1cc(F)ccc1S(=O)(=O)c1ccc(F)cc1CSC(=N)N. The molecule has 0 amide bonds. The van der Waals surface area contributed by atoms with Crippen LogP contribution in [0.5, 0.6) is 0 Å². The van der Waals surface area contributed by atoms with Gasteiger partial charge in [0.15, 0.2) is 5.17 Å². The summed E-state index contributed by atoms with van der Waals surface area (Å²) in [6, 6.07) is 6.69. The molecule has 23 heavy (non-hydrogen) atoms. The van der Waals surface area contributed by atoms with Gasteiger partial charge in [0, 0.05) is 5.75 Å². The molecule has 0 saturated heterocycles. The van der Waals surface area contributed by atoms with Gasteiger partial charge in [-0.2, -0.15) is 0 Å². The van der Waals surface area contributed by atoms with Gasteiger partial charge in [0.25, 0.3) is 0 Å². The first-order chi connectivity index (χ1) is 10.7. The molecule has 122 valence electrons. The lowest BCUT2D eigenvalue weighted by Crippen LogP contribution is -2.09. The fourth-order valence-electron chi connectivity index (χ4n) is 2.11. The Morgan fingerprint density at radius 1 is 1.13 bits per heavy atom. The number of thioether (sulfide) groups is 1. The van der Waals surface area contributed by atoms with Crippen molar-refractivity contribution < 1.29 is 17.2 Å². The van der Waals surface area contributed by atoms with Crippen LogP contribution in [-0.4, -0.2) is 13.6 Å². The molecule has 0 aliphatic heterocycles. The molecule has 0 spiro atoms. The summed E-state index contributed by atoms with van der Waals surface area (Å²) in [5.74, 6) is -1.08. The smallest absolute Gasteiger partial charge is 0.207 e. The normalized spacial score (nSPS) is 11.4. The fraction of sp³-hybridized carbons (Fsp3) is 0.133. The quantitative estimate of drug-likeness (QED) is 0.500. The number of nitrogens with two attached hydrogens (primary N) is 1. The predicted molar refractivity (Wildman–Crippen MR) is 86.2 cm³/mol. The second kappa shape index (κ2) is 6.67. The van der Waals surface area contributed by atoms with Crippen molar-refractivity contribution in [2.45, 2.75) is 22.5 Å². The van der Waals surface area contributed by atoms with E-state index >= 15 is 0 Å². The van der Waals surface area contributed by atoms with E-state index in [0.717, 1.165) is 36.0 Å². The van der Waals surface area contributed by atoms with Gasteiger partial charge in [-0.15, -0.1) is 0 Å². The number of sulfone groups is 1. The van der Waals surface area contributed by atoms with Crippen molar-refractivity contribution in [3.05, 3.63) is 59.2 Å². The van der Waals surface area contributed by atoms with Crippen molar-refractivity contribution in [3.63, 3.8) is 0 Å². The number of benzene rings is 2. The van der Waals surface area contributed by atoms with E-state index < -0.39 is 21.5 Å². The van der Waals surface area contributed by atoms with Crippen LogP contribution < -0.4 is 5.73 Å². The lowest BCUT2D eigenvalue weighted by molar-refractivity contribution is 0.591. The summed E-state index contributed by atoms with van der Waals surface area (Å²) in [5.41, 5.74) is 5.72. The second-order valence-electron chi connectivity index (χ2n) is 4.82. The third-order valence-corrected chi connectivity index (χ3v) is 5.90. The van der Waals surface area contributed by atoms with Crippen LogP contribution in [0.15, 0.2) is 46.2 Å². The Balaban J connectivity index is 2.57. The number of aryl methyl sites for hydroxylation is 1. The van der Waals surface area contributed by atoms with Gasteiger partial charge in [-0.25, -0.2) is 17.2 Å². The molecule has 0 radical (unpaired) electrons. The number of amidine groups is 1. The Labute approximate surface area is 137 Å². The summed E-state index contributed by atoms with van der Waals surface area (Å²) in [5, 5.41) is 7.00. The highest BCUT2D eigenvalue weighted by molar-refractivity contribution is 8.13. The van der Waals surface area contributed by atoms with Crippen LogP contribution >= 0.6 is 11.8 Å². The summed E-state index contributed by atoms with van der Waals surface area (Å²) >= 11 is 0.895. The molecule has 0 saturated carbocycles. The maximum Gasteiger partial charge on any atom is 0.207 e. The minimum Gasteiger partial charge on any atom is -0.379 e. The Morgan fingerprint density at radius 2 is 1.70 bits per heavy atom. The molecule has 8 heteroatoms. The summed E-state index contributed by atoms with van der Waals surface area (Å²) < 4.78 is 52.3. The van der Waals surface area contributed by atoms with Crippen molar-refractivity contribution in [1.29, 1.82) is 5.41 Å². The van der Waals surface area contributed by atoms with E-state index in [0.29, 0.717) is 0 Å². The number of rotatable bonds is 4. The highest BCUT2D eigenvalue weighted by Gasteiger charge is 2.24. The molecule has 0 atom stereocenters. The van der Waals surface area contributed by atoms with E-state index in [1.54, 1.807) is 0 Å². The molecule has 4 nitrogen and oxygen atoms in total. The van der Waals surface area contributed by atoms with E-state index in [9.17, 15) is 17.2 Å². The topological polar surface area (TPSA) is 84.0 Å². The van der Waals surface area contributed by atoms with Gasteiger partial charge in [0.05, 0.1) is 9.79 Å². The molecule has 0 aliphatic carbocycles. The van der Waals surface area contributed by atoms with Gasteiger partial charge in [-0.1, -0.05) is 11.8 Å². The maximum atomic E-state index is 13.5. The predicted octanol–water partition coefficient (Wildman–Crippen LogP) is 3.23. The highest BCUT2D eigenvalue weighted by Crippen LogP contribution is 2.29. The third kappa shape index (κ3) is 3.89. The molecule has 2 aromatic rings. The van der Waals surface area contributed by atoms with E-state index in [4.69, 9.17) is 11.1 Å². The summed E-state index contributed by atoms with van der Waals surface area (Å²) in [6.45, 7) is 1.49. The number of hydrogen-bond acceptors (Lipinski definition) is 4. The Kier molecular flexibility index (Phi) is 5.06. The fourth-order valence-corrected chi connectivity index (χ4v) is 4.44. The Morgan fingerprint density at radius 3 is 2.26 bits per heavy atom. The first-order valence-corrected chi connectivity index (χ1v) is 8.95. The van der Waals surface area contributed by atoms with Crippen LogP contribution in [-0.2, 0) is 15.6 Å². The van der Waals surface area contributed by atoms with E-state index in [1.807, 2.05) is 0 Å². The monoisotopic (exact) mass is 356 g/mol. The number of hydrogen-bond donors (Lipinski definition) is 2. The van der Waals surface area contributed by atoms with Crippen LogP contribution in [0.3, 0.4) is 0 Å². The number of halogens is 2. The molecular weight excluding hydrogens is 342 g/mol. The van der Waals surface area contributed by atoms with Gasteiger partial charge in [-0.3, -0.25) is 5.41 Å². The van der Waals surface area contributed by atoms with Crippen molar-refractivity contribution in [3.8, 4) is 0 Å². The molecule has 2 rings (SSSR count). The van der Waals surface area contributed by atoms with Crippen LogP contribution in [0.1, 0.15) is 11.1 Å². The molecule has 0 aromatic heterocycles. The maximum absolute atomic E-state index is 13.5. The van der Waals surface area contributed by atoms with E-state index in [1.165, 1.54) is 19.1 Å². The molecule has 0 unspecified atom stereocenters. The van der Waals surface area contributed by atoms with Gasteiger partial charge in [-0.05, 0) is 54.4 Å².